The van der Waals surface area contributed by atoms with Gasteiger partial charge in [0.1, 0.15) is 5.75 Å². The number of anilines is 2. The number of benzene rings is 2. The van der Waals surface area contributed by atoms with Crippen LogP contribution in [0.15, 0.2) is 42.5 Å². The molecule has 3 N–H and O–H groups in total. The Morgan fingerprint density at radius 2 is 1.87 bits per heavy atom. The fraction of sp³-hybridized carbons (Fsp3) is 0.318. The monoisotopic (exact) mass is 445 g/mol. The van der Waals surface area contributed by atoms with Crippen LogP contribution in [0.1, 0.15) is 42.5 Å². The standard InChI is InChI=1S/C22H24ClN3O3S/c1-29-19-13-15(26(22(24)30)21(28)14-7-3-2-4-8-14)11-12-18(19)25-20(27)16-9-5-6-10-17(16)23/h5-6,9-14H,2-4,7-8H2,1H3,(H2,24,30)(H,25,27). The van der Waals surface area contributed by atoms with Crippen molar-refractivity contribution in [2.45, 2.75) is 32.1 Å². The maximum Gasteiger partial charge on any atom is 0.257 e. The van der Waals surface area contributed by atoms with Gasteiger partial charge in [0.25, 0.3) is 5.91 Å². The first kappa shape index (κ1) is 22.1. The zero-order valence-corrected chi connectivity index (χ0v) is 18.3. The average molecular weight is 446 g/mol. The lowest BCUT2D eigenvalue weighted by molar-refractivity contribution is -0.122. The van der Waals surface area contributed by atoms with E-state index in [1.54, 1.807) is 42.5 Å². The fourth-order valence-corrected chi connectivity index (χ4v) is 4.07. The van der Waals surface area contributed by atoms with Gasteiger partial charge in [-0.15, -0.1) is 0 Å². The summed E-state index contributed by atoms with van der Waals surface area (Å²) in [6, 6.07) is 11.7. The molecule has 1 aliphatic rings. The maximum atomic E-state index is 13.1. The molecule has 3 rings (SSSR count). The van der Waals surface area contributed by atoms with Crippen LogP contribution in [0.3, 0.4) is 0 Å². The fourth-order valence-electron chi connectivity index (χ4n) is 3.65. The normalized spacial score (nSPS) is 14.1. The molecule has 0 unspecified atom stereocenters. The molecule has 1 aliphatic carbocycles. The van der Waals surface area contributed by atoms with Gasteiger partial charge in [0.05, 0.1) is 29.1 Å². The van der Waals surface area contributed by atoms with Crippen LogP contribution in [-0.4, -0.2) is 24.0 Å². The molecule has 6 nitrogen and oxygen atoms in total. The summed E-state index contributed by atoms with van der Waals surface area (Å²) in [5.41, 5.74) is 7.19. The third-order valence-corrected chi connectivity index (χ3v) is 5.72. The Morgan fingerprint density at radius 1 is 1.17 bits per heavy atom. The van der Waals surface area contributed by atoms with Crippen LogP contribution in [0, 0.1) is 5.92 Å². The Labute approximate surface area is 186 Å². The van der Waals surface area contributed by atoms with Gasteiger partial charge in [-0.2, -0.15) is 0 Å². The van der Waals surface area contributed by atoms with Crippen LogP contribution in [0.2, 0.25) is 5.02 Å². The van der Waals surface area contributed by atoms with Crippen LogP contribution in [-0.2, 0) is 4.79 Å². The minimum absolute atomic E-state index is 0.0134. The van der Waals surface area contributed by atoms with Crippen molar-refractivity contribution in [1.82, 2.24) is 0 Å². The predicted molar refractivity (Wildman–Crippen MR) is 123 cm³/mol. The first-order valence-corrected chi connectivity index (χ1v) is 10.6. The van der Waals surface area contributed by atoms with Crippen LogP contribution in [0.4, 0.5) is 11.4 Å². The molecular weight excluding hydrogens is 422 g/mol. The molecule has 2 amide bonds. The van der Waals surface area contributed by atoms with Gasteiger partial charge < -0.3 is 15.8 Å². The van der Waals surface area contributed by atoms with Crippen LogP contribution in [0.5, 0.6) is 5.75 Å². The van der Waals surface area contributed by atoms with Crippen molar-refractivity contribution in [1.29, 1.82) is 0 Å². The van der Waals surface area contributed by atoms with Crippen molar-refractivity contribution in [3.8, 4) is 5.75 Å². The maximum absolute atomic E-state index is 13.1. The number of amides is 2. The zero-order valence-electron chi connectivity index (χ0n) is 16.7. The summed E-state index contributed by atoms with van der Waals surface area (Å²) in [5.74, 6) is -0.176. The van der Waals surface area contributed by atoms with Gasteiger partial charge in [-0.05, 0) is 49.3 Å². The minimum Gasteiger partial charge on any atom is -0.494 e. The van der Waals surface area contributed by atoms with Gasteiger partial charge in [0.2, 0.25) is 5.91 Å². The number of carbonyl (C=O) groups is 2. The smallest absolute Gasteiger partial charge is 0.257 e. The highest BCUT2D eigenvalue weighted by Gasteiger charge is 2.29. The Balaban J connectivity index is 1.86. The highest BCUT2D eigenvalue weighted by molar-refractivity contribution is 7.80. The summed E-state index contributed by atoms with van der Waals surface area (Å²) in [5, 5.41) is 3.13. The molecule has 8 heteroatoms. The number of nitrogens with two attached hydrogens (primary N) is 1. The Kier molecular flexibility index (Phi) is 7.29. The van der Waals surface area contributed by atoms with E-state index in [1.165, 1.54) is 12.0 Å². The molecule has 1 fully saturated rings. The highest BCUT2D eigenvalue weighted by Crippen LogP contribution is 2.33. The SMILES string of the molecule is COc1cc(N(C(=O)C2CCCCC2)C(N)=S)ccc1NC(=O)c1ccccc1Cl. The van der Waals surface area contributed by atoms with E-state index in [9.17, 15) is 9.59 Å². The molecular formula is C22H24ClN3O3S. The zero-order chi connectivity index (χ0) is 21.7. The van der Waals surface area contributed by atoms with E-state index in [0.29, 0.717) is 27.7 Å². The van der Waals surface area contributed by atoms with E-state index in [1.807, 2.05) is 0 Å². The van der Waals surface area contributed by atoms with Gasteiger partial charge in [0, 0.05) is 12.0 Å². The summed E-state index contributed by atoms with van der Waals surface area (Å²) in [6.45, 7) is 0. The van der Waals surface area contributed by atoms with Crippen molar-refractivity contribution in [3.63, 3.8) is 0 Å². The van der Waals surface area contributed by atoms with E-state index in [4.69, 9.17) is 34.3 Å². The molecule has 30 heavy (non-hydrogen) atoms. The third kappa shape index (κ3) is 4.91. The summed E-state index contributed by atoms with van der Waals surface area (Å²) in [6.07, 6.45) is 4.86. The lowest BCUT2D eigenvalue weighted by atomic mass is 9.88. The summed E-state index contributed by atoms with van der Waals surface area (Å²) < 4.78 is 5.44. The van der Waals surface area contributed by atoms with Gasteiger partial charge >= 0.3 is 0 Å². The van der Waals surface area contributed by atoms with E-state index < -0.39 is 0 Å². The Hall–Kier alpha value is -2.64. The number of halogens is 1. The van der Waals surface area contributed by atoms with Gasteiger partial charge in [-0.3, -0.25) is 14.5 Å². The van der Waals surface area contributed by atoms with E-state index in [2.05, 4.69) is 5.32 Å². The summed E-state index contributed by atoms with van der Waals surface area (Å²) >= 11 is 11.3. The number of nitrogens with one attached hydrogen (secondary N) is 1. The highest BCUT2D eigenvalue weighted by atomic mass is 35.5. The molecule has 0 saturated heterocycles. The Bertz CT molecular complexity index is 960. The first-order chi connectivity index (χ1) is 14.4. The van der Waals surface area contributed by atoms with Crippen molar-refractivity contribution < 1.29 is 14.3 Å². The number of thiocarbonyl (C=S) groups is 1. The van der Waals surface area contributed by atoms with Crippen molar-refractivity contribution in [2.75, 3.05) is 17.3 Å². The van der Waals surface area contributed by atoms with E-state index in [-0.39, 0.29) is 22.8 Å². The molecule has 1 saturated carbocycles. The Morgan fingerprint density at radius 3 is 2.50 bits per heavy atom. The van der Waals surface area contributed by atoms with Gasteiger partial charge in [-0.1, -0.05) is 43.0 Å². The number of hydrogen-bond donors (Lipinski definition) is 2. The lowest BCUT2D eigenvalue weighted by Crippen LogP contribution is -2.44. The number of hydrogen-bond acceptors (Lipinski definition) is 4. The summed E-state index contributed by atoms with van der Waals surface area (Å²) in [4.78, 5) is 27.0. The summed E-state index contributed by atoms with van der Waals surface area (Å²) in [7, 11) is 1.48. The number of ether oxygens (including phenoxy) is 1. The van der Waals surface area contributed by atoms with Crippen molar-refractivity contribution in [3.05, 3.63) is 53.1 Å². The molecule has 0 radical (unpaired) electrons. The first-order valence-electron chi connectivity index (χ1n) is 9.79. The average Bonchev–Trinajstić information content (AvgIpc) is 2.75. The molecule has 0 heterocycles. The molecule has 158 valence electrons. The van der Waals surface area contributed by atoms with Crippen LogP contribution >= 0.6 is 23.8 Å². The third-order valence-electron chi connectivity index (χ3n) is 5.21. The topological polar surface area (TPSA) is 84.7 Å². The predicted octanol–water partition coefficient (Wildman–Crippen LogP) is 4.76. The largest absolute Gasteiger partial charge is 0.494 e. The molecule has 2 aromatic rings. The van der Waals surface area contributed by atoms with Gasteiger partial charge in [0.15, 0.2) is 5.11 Å². The van der Waals surface area contributed by atoms with E-state index >= 15 is 0 Å². The molecule has 0 spiro atoms. The molecule has 0 aromatic heterocycles. The van der Waals surface area contributed by atoms with Crippen LogP contribution in [0.25, 0.3) is 0 Å². The van der Waals surface area contributed by atoms with E-state index in [0.717, 1.165) is 32.1 Å². The lowest BCUT2D eigenvalue weighted by Gasteiger charge is -2.28. The number of nitrogens with zero attached hydrogens (tertiary/aromatic N) is 1. The molecule has 2 aromatic carbocycles. The van der Waals surface area contributed by atoms with Crippen LogP contribution < -0.4 is 20.7 Å². The van der Waals surface area contributed by atoms with Gasteiger partial charge in [-0.25, -0.2) is 0 Å². The number of methoxy groups -OCH3 is 1. The second kappa shape index (κ2) is 9.91. The van der Waals surface area contributed by atoms with Crippen molar-refractivity contribution in [2.24, 2.45) is 11.7 Å². The second-order valence-corrected chi connectivity index (χ2v) is 7.99. The molecule has 0 aliphatic heterocycles. The second-order valence-electron chi connectivity index (χ2n) is 7.17. The minimum atomic E-state index is -0.365. The quantitative estimate of drug-likeness (QED) is 0.648. The molecule has 0 atom stereocenters. The number of rotatable bonds is 5. The molecule has 0 bridgehead atoms. The van der Waals surface area contributed by atoms with Crippen molar-refractivity contribution >= 4 is 52.1 Å². The number of carbonyl (C=O) groups excluding carboxylic acids is 2.